The number of carbonyl (C=O) groups excluding carboxylic acids is 1. The molecule has 2 rings (SSSR count). The highest BCUT2D eigenvalue weighted by Crippen LogP contribution is 2.30. The Kier molecular flexibility index (Phi) is 4.99. The number of aromatic hydroxyl groups is 1. The molecule has 21 heavy (non-hydrogen) atoms. The molecule has 0 amide bonds. The molecule has 0 unspecified atom stereocenters. The van der Waals surface area contributed by atoms with E-state index in [0.29, 0.717) is 11.3 Å². The van der Waals surface area contributed by atoms with Crippen LogP contribution in [0.4, 0.5) is 0 Å². The summed E-state index contributed by atoms with van der Waals surface area (Å²) >= 11 is 0. The van der Waals surface area contributed by atoms with Crippen LogP contribution in [-0.2, 0) is 16.1 Å². The van der Waals surface area contributed by atoms with Crippen molar-refractivity contribution in [1.29, 1.82) is 0 Å². The van der Waals surface area contributed by atoms with E-state index in [4.69, 9.17) is 9.47 Å². The summed E-state index contributed by atoms with van der Waals surface area (Å²) < 4.78 is 10.1. The number of hydrogen-bond donors (Lipinski definition) is 1. The molecule has 0 aromatic heterocycles. The largest absolute Gasteiger partial charge is 0.504 e. The van der Waals surface area contributed by atoms with Gasteiger partial charge in [0.15, 0.2) is 11.5 Å². The van der Waals surface area contributed by atoms with Gasteiger partial charge in [-0.25, -0.2) is 4.79 Å². The lowest BCUT2D eigenvalue weighted by molar-refractivity contribution is -0.138. The Morgan fingerprint density at radius 1 is 1.14 bits per heavy atom. The fourth-order valence-corrected chi connectivity index (χ4v) is 1.77. The van der Waals surface area contributed by atoms with Crippen LogP contribution in [0, 0.1) is 0 Å². The van der Waals surface area contributed by atoms with Crippen LogP contribution in [0.3, 0.4) is 0 Å². The summed E-state index contributed by atoms with van der Waals surface area (Å²) in [7, 11) is 1.47. The first-order valence-corrected chi connectivity index (χ1v) is 6.45. The predicted molar refractivity (Wildman–Crippen MR) is 79.9 cm³/mol. The Bertz CT molecular complexity index is 632. The molecule has 0 radical (unpaired) electrons. The van der Waals surface area contributed by atoms with Crippen LogP contribution in [0.25, 0.3) is 6.08 Å². The predicted octanol–water partition coefficient (Wildman–Crippen LogP) is 3.16. The molecule has 2 aromatic rings. The highest BCUT2D eigenvalue weighted by atomic mass is 16.5. The monoisotopic (exact) mass is 284 g/mol. The molecule has 4 nitrogen and oxygen atoms in total. The van der Waals surface area contributed by atoms with Crippen LogP contribution in [0.15, 0.2) is 54.6 Å². The number of rotatable bonds is 5. The summed E-state index contributed by atoms with van der Waals surface area (Å²) in [5.41, 5.74) is 1.41. The normalized spacial score (nSPS) is 10.5. The molecule has 0 bridgehead atoms. The van der Waals surface area contributed by atoms with Crippen LogP contribution in [0.2, 0.25) is 0 Å². The van der Waals surface area contributed by atoms with E-state index >= 15 is 0 Å². The van der Waals surface area contributed by atoms with Crippen molar-refractivity contribution >= 4 is 12.0 Å². The number of esters is 1. The second-order valence-corrected chi connectivity index (χ2v) is 4.32. The average molecular weight is 284 g/mol. The third kappa shape index (κ3) is 4.11. The van der Waals surface area contributed by atoms with Gasteiger partial charge in [-0.05, 0) is 17.7 Å². The number of para-hydroxylation sites is 1. The molecule has 1 N–H and O–H groups in total. The van der Waals surface area contributed by atoms with Crippen molar-refractivity contribution in [2.45, 2.75) is 6.61 Å². The van der Waals surface area contributed by atoms with Gasteiger partial charge in [-0.1, -0.05) is 42.5 Å². The minimum absolute atomic E-state index is 0.00731. The van der Waals surface area contributed by atoms with Gasteiger partial charge >= 0.3 is 5.97 Å². The van der Waals surface area contributed by atoms with Gasteiger partial charge in [-0.3, -0.25) is 0 Å². The highest BCUT2D eigenvalue weighted by Gasteiger charge is 2.05. The molecule has 0 saturated heterocycles. The molecule has 108 valence electrons. The first kappa shape index (κ1) is 14.7. The molecule has 0 spiro atoms. The average Bonchev–Trinajstić information content (AvgIpc) is 2.53. The molecule has 0 saturated carbocycles. The standard InChI is InChI=1S/C17H16O4/c1-20-15-9-5-8-14(17(15)19)10-11-16(18)21-12-13-6-3-2-4-7-13/h2-11,19H,12H2,1H3. The summed E-state index contributed by atoms with van der Waals surface area (Å²) in [6.07, 6.45) is 2.77. The van der Waals surface area contributed by atoms with Crippen LogP contribution >= 0.6 is 0 Å². The number of phenolic OH excluding ortho intramolecular Hbond substituents is 1. The Morgan fingerprint density at radius 3 is 2.62 bits per heavy atom. The van der Waals surface area contributed by atoms with Gasteiger partial charge in [0.2, 0.25) is 0 Å². The zero-order valence-electron chi connectivity index (χ0n) is 11.7. The Balaban J connectivity index is 1.96. The minimum atomic E-state index is -0.471. The van der Waals surface area contributed by atoms with Crippen molar-refractivity contribution in [3.05, 3.63) is 65.7 Å². The highest BCUT2D eigenvalue weighted by molar-refractivity contribution is 5.87. The number of methoxy groups -OCH3 is 1. The lowest BCUT2D eigenvalue weighted by atomic mass is 10.1. The second kappa shape index (κ2) is 7.14. The number of carbonyl (C=O) groups is 1. The van der Waals surface area contributed by atoms with E-state index in [2.05, 4.69) is 0 Å². The number of benzene rings is 2. The summed E-state index contributed by atoms with van der Waals surface area (Å²) in [5, 5.41) is 9.88. The van der Waals surface area contributed by atoms with E-state index in [-0.39, 0.29) is 12.4 Å². The molecular weight excluding hydrogens is 268 g/mol. The van der Waals surface area contributed by atoms with Crippen LogP contribution < -0.4 is 4.74 Å². The van der Waals surface area contributed by atoms with Gasteiger partial charge in [-0.15, -0.1) is 0 Å². The molecule has 0 fully saturated rings. The van der Waals surface area contributed by atoms with Gasteiger partial charge in [0, 0.05) is 11.6 Å². The maximum absolute atomic E-state index is 11.6. The van der Waals surface area contributed by atoms with Crippen molar-refractivity contribution < 1.29 is 19.4 Å². The van der Waals surface area contributed by atoms with Gasteiger partial charge in [0.1, 0.15) is 6.61 Å². The van der Waals surface area contributed by atoms with Crippen LogP contribution in [0.1, 0.15) is 11.1 Å². The molecule has 0 atom stereocenters. The van der Waals surface area contributed by atoms with Gasteiger partial charge < -0.3 is 14.6 Å². The summed E-state index contributed by atoms with van der Waals surface area (Å²) in [6.45, 7) is 0.216. The van der Waals surface area contributed by atoms with Crippen LogP contribution in [-0.4, -0.2) is 18.2 Å². The van der Waals surface area contributed by atoms with Gasteiger partial charge in [0.05, 0.1) is 7.11 Å². The lowest BCUT2D eigenvalue weighted by Crippen LogP contribution is -2.00. The van der Waals surface area contributed by atoms with Gasteiger partial charge in [0.25, 0.3) is 0 Å². The number of phenols is 1. The van der Waals surface area contributed by atoms with Crippen molar-refractivity contribution in [3.63, 3.8) is 0 Å². The number of ether oxygens (including phenoxy) is 2. The van der Waals surface area contributed by atoms with Crippen molar-refractivity contribution in [2.75, 3.05) is 7.11 Å². The van der Waals surface area contributed by atoms with Crippen molar-refractivity contribution in [2.24, 2.45) is 0 Å². The van der Waals surface area contributed by atoms with Gasteiger partial charge in [-0.2, -0.15) is 0 Å². The van der Waals surface area contributed by atoms with E-state index in [1.54, 1.807) is 18.2 Å². The van der Waals surface area contributed by atoms with E-state index in [9.17, 15) is 9.90 Å². The SMILES string of the molecule is COc1cccc(C=CC(=O)OCc2ccccc2)c1O. The zero-order valence-corrected chi connectivity index (χ0v) is 11.7. The molecule has 0 aliphatic rings. The summed E-state index contributed by atoms with van der Waals surface area (Å²) in [6, 6.07) is 14.5. The van der Waals surface area contributed by atoms with Crippen molar-refractivity contribution in [3.8, 4) is 11.5 Å². The second-order valence-electron chi connectivity index (χ2n) is 4.32. The lowest BCUT2D eigenvalue weighted by Gasteiger charge is -2.05. The summed E-state index contributed by atoms with van der Waals surface area (Å²) in [5.74, 6) is -0.122. The molecule has 0 heterocycles. The third-order valence-electron chi connectivity index (χ3n) is 2.87. The topological polar surface area (TPSA) is 55.8 Å². The smallest absolute Gasteiger partial charge is 0.331 e. The summed E-state index contributed by atoms with van der Waals surface area (Å²) in [4.78, 5) is 11.6. The fraction of sp³-hybridized carbons (Fsp3) is 0.118. The molecule has 4 heteroatoms. The Labute approximate surface area is 123 Å². The minimum Gasteiger partial charge on any atom is -0.504 e. The zero-order chi connectivity index (χ0) is 15.1. The molecule has 0 aliphatic carbocycles. The Morgan fingerprint density at radius 2 is 1.90 bits per heavy atom. The van der Waals surface area contributed by atoms with Crippen molar-refractivity contribution in [1.82, 2.24) is 0 Å². The molecular formula is C17H16O4. The third-order valence-corrected chi connectivity index (χ3v) is 2.87. The van der Waals surface area contributed by atoms with E-state index in [1.807, 2.05) is 30.3 Å². The fourth-order valence-electron chi connectivity index (χ4n) is 1.77. The van der Waals surface area contributed by atoms with E-state index in [0.717, 1.165) is 5.56 Å². The maximum Gasteiger partial charge on any atom is 0.331 e. The maximum atomic E-state index is 11.6. The van der Waals surface area contributed by atoms with E-state index in [1.165, 1.54) is 19.3 Å². The Hall–Kier alpha value is -2.75. The molecule has 0 aliphatic heterocycles. The van der Waals surface area contributed by atoms with Crippen LogP contribution in [0.5, 0.6) is 11.5 Å². The first-order chi connectivity index (χ1) is 10.2. The quantitative estimate of drug-likeness (QED) is 0.677. The van der Waals surface area contributed by atoms with E-state index < -0.39 is 5.97 Å². The first-order valence-electron chi connectivity index (χ1n) is 6.45. The molecule has 2 aromatic carbocycles. The number of hydrogen-bond acceptors (Lipinski definition) is 4.